The van der Waals surface area contributed by atoms with Crippen molar-refractivity contribution >= 4 is 21.9 Å². The maximum absolute atomic E-state index is 13.3. The number of hydrogen-bond acceptors (Lipinski definition) is 2. The molecular weight excluding hydrogens is 327 g/mol. The van der Waals surface area contributed by atoms with Crippen LogP contribution in [0.5, 0.6) is 0 Å². The van der Waals surface area contributed by atoms with Gasteiger partial charge in [-0.1, -0.05) is 15.9 Å². The monoisotopic (exact) mass is 332 g/mol. The van der Waals surface area contributed by atoms with Crippen LogP contribution in [0.2, 0.25) is 0 Å². The molecule has 100 valence electrons. The molecule has 1 rings (SSSR count). The number of benzene rings is 1. The lowest BCUT2D eigenvalue weighted by Gasteiger charge is -2.12. The molecule has 8 heteroatoms. The van der Waals surface area contributed by atoms with Crippen LogP contribution >= 0.6 is 15.9 Å². The van der Waals surface area contributed by atoms with Gasteiger partial charge in [-0.05, 0) is 6.92 Å². The van der Waals surface area contributed by atoms with Crippen LogP contribution in [0.4, 0.5) is 22.0 Å². The molecule has 0 aliphatic heterocycles. The van der Waals surface area contributed by atoms with Crippen molar-refractivity contribution in [3.63, 3.8) is 0 Å². The lowest BCUT2D eigenvalue weighted by molar-refractivity contribution is -0.142. The van der Waals surface area contributed by atoms with Gasteiger partial charge in [0, 0.05) is 0 Å². The van der Waals surface area contributed by atoms with Crippen LogP contribution in [-0.4, -0.2) is 12.6 Å². The van der Waals surface area contributed by atoms with Gasteiger partial charge < -0.3 is 4.74 Å². The quantitative estimate of drug-likeness (QED) is 0.279. The van der Waals surface area contributed by atoms with Crippen molar-refractivity contribution in [2.45, 2.75) is 11.8 Å². The molecule has 0 fully saturated rings. The van der Waals surface area contributed by atoms with Gasteiger partial charge in [-0.3, -0.25) is 4.79 Å². The molecule has 0 aliphatic carbocycles. The normalized spacial score (nSPS) is 12.4. The first-order valence-electron chi connectivity index (χ1n) is 4.64. The predicted molar refractivity (Wildman–Crippen MR) is 54.5 cm³/mol. The summed E-state index contributed by atoms with van der Waals surface area (Å²) in [5.41, 5.74) is -1.27. The first-order valence-corrected chi connectivity index (χ1v) is 5.56. The fourth-order valence-corrected chi connectivity index (χ4v) is 1.71. The van der Waals surface area contributed by atoms with Crippen LogP contribution in [0.3, 0.4) is 0 Å². The standard InChI is InChI=1S/C10H6BrF5O2/c1-2-18-10(17)4(11)3-5(12)7(14)9(16)8(15)6(3)13/h4H,2H2,1H3. The minimum Gasteiger partial charge on any atom is -0.465 e. The summed E-state index contributed by atoms with van der Waals surface area (Å²) in [6.45, 7) is 1.33. The Morgan fingerprint density at radius 2 is 1.44 bits per heavy atom. The average molecular weight is 333 g/mol. The van der Waals surface area contributed by atoms with Crippen LogP contribution in [0.25, 0.3) is 0 Å². The summed E-state index contributed by atoms with van der Waals surface area (Å²) in [4.78, 5) is 9.44. The first-order chi connectivity index (χ1) is 8.32. The molecule has 0 bridgehead atoms. The Morgan fingerprint density at radius 3 is 1.83 bits per heavy atom. The van der Waals surface area contributed by atoms with E-state index in [1.165, 1.54) is 6.92 Å². The van der Waals surface area contributed by atoms with Gasteiger partial charge in [-0.2, -0.15) is 0 Å². The second-order valence-electron chi connectivity index (χ2n) is 3.10. The van der Waals surface area contributed by atoms with Gasteiger partial charge in [0.15, 0.2) is 23.3 Å². The largest absolute Gasteiger partial charge is 0.465 e. The van der Waals surface area contributed by atoms with E-state index in [4.69, 9.17) is 0 Å². The summed E-state index contributed by atoms with van der Waals surface area (Å²) in [5, 5.41) is 0. The van der Waals surface area contributed by atoms with E-state index in [1.807, 2.05) is 0 Å². The van der Waals surface area contributed by atoms with E-state index in [9.17, 15) is 26.7 Å². The molecular formula is C10H6BrF5O2. The highest BCUT2D eigenvalue weighted by Gasteiger charge is 2.33. The zero-order chi connectivity index (χ0) is 14.0. The summed E-state index contributed by atoms with van der Waals surface area (Å²) in [5.74, 6) is -11.8. The zero-order valence-electron chi connectivity index (χ0n) is 8.87. The van der Waals surface area contributed by atoms with E-state index in [0.717, 1.165) is 0 Å². The van der Waals surface area contributed by atoms with Crippen molar-refractivity contribution in [3.05, 3.63) is 34.6 Å². The van der Waals surface area contributed by atoms with Gasteiger partial charge in [-0.25, -0.2) is 22.0 Å². The van der Waals surface area contributed by atoms with E-state index in [1.54, 1.807) is 0 Å². The molecule has 2 nitrogen and oxygen atoms in total. The predicted octanol–water partition coefficient (Wildman–Crippen LogP) is 3.38. The van der Waals surface area contributed by atoms with Crippen LogP contribution < -0.4 is 0 Å². The molecule has 0 saturated carbocycles. The van der Waals surface area contributed by atoms with Crippen LogP contribution in [0.15, 0.2) is 0 Å². The van der Waals surface area contributed by atoms with Crippen molar-refractivity contribution < 1.29 is 31.5 Å². The Balaban J connectivity index is 3.37. The van der Waals surface area contributed by atoms with Gasteiger partial charge in [-0.15, -0.1) is 0 Å². The Labute approximate surface area is 107 Å². The van der Waals surface area contributed by atoms with Crippen LogP contribution in [0.1, 0.15) is 17.3 Å². The highest BCUT2D eigenvalue weighted by molar-refractivity contribution is 9.09. The molecule has 0 heterocycles. The zero-order valence-corrected chi connectivity index (χ0v) is 10.5. The molecule has 1 aromatic carbocycles. The van der Waals surface area contributed by atoms with Crippen molar-refractivity contribution in [2.75, 3.05) is 6.61 Å². The summed E-state index contributed by atoms with van der Waals surface area (Å²) < 4.78 is 69.5. The van der Waals surface area contributed by atoms with Crippen LogP contribution in [0, 0.1) is 29.1 Å². The Bertz CT molecular complexity index is 463. The number of esters is 1. The van der Waals surface area contributed by atoms with E-state index >= 15 is 0 Å². The number of rotatable bonds is 3. The molecule has 1 atom stereocenters. The summed E-state index contributed by atoms with van der Waals surface area (Å²) in [6.07, 6.45) is 0. The first kappa shape index (κ1) is 14.9. The summed E-state index contributed by atoms with van der Waals surface area (Å²) in [7, 11) is 0. The molecule has 18 heavy (non-hydrogen) atoms. The molecule has 1 unspecified atom stereocenters. The van der Waals surface area contributed by atoms with Gasteiger partial charge in [0.25, 0.3) is 0 Å². The number of halogens is 6. The van der Waals surface area contributed by atoms with E-state index in [-0.39, 0.29) is 6.61 Å². The van der Waals surface area contributed by atoms with Gasteiger partial charge in [0.1, 0.15) is 4.83 Å². The third kappa shape index (κ3) is 2.47. The van der Waals surface area contributed by atoms with Gasteiger partial charge in [0.05, 0.1) is 12.2 Å². The van der Waals surface area contributed by atoms with Crippen molar-refractivity contribution in [2.24, 2.45) is 0 Å². The Morgan fingerprint density at radius 1 is 1.06 bits per heavy atom. The number of carbonyl (C=O) groups excluding carboxylic acids is 1. The third-order valence-corrected chi connectivity index (χ3v) is 2.82. The topological polar surface area (TPSA) is 26.3 Å². The Hall–Kier alpha value is -1.18. The maximum atomic E-state index is 13.3. The molecule has 0 aliphatic rings. The SMILES string of the molecule is CCOC(=O)C(Br)c1c(F)c(F)c(F)c(F)c1F. The molecule has 0 saturated heterocycles. The number of carbonyl (C=O) groups is 1. The van der Waals surface area contributed by atoms with Crippen LogP contribution in [-0.2, 0) is 9.53 Å². The minimum atomic E-state index is -2.28. The van der Waals surface area contributed by atoms with Crippen molar-refractivity contribution in [1.29, 1.82) is 0 Å². The van der Waals surface area contributed by atoms with E-state index in [2.05, 4.69) is 20.7 Å². The number of ether oxygens (including phenoxy) is 1. The second kappa shape index (κ2) is 5.64. The molecule has 0 spiro atoms. The fourth-order valence-electron chi connectivity index (χ4n) is 1.18. The fraction of sp³-hybridized carbons (Fsp3) is 0.300. The van der Waals surface area contributed by atoms with E-state index < -0.39 is 45.4 Å². The van der Waals surface area contributed by atoms with Crippen molar-refractivity contribution in [1.82, 2.24) is 0 Å². The second-order valence-corrected chi connectivity index (χ2v) is 4.01. The molecule has 0 radical (unpaired) electrons. The van der Waals surface area contributed by atoms with E-state index in [0.29, 0.717) is 0 Å². The van der Waals surface area contributed by atoms with Gasteiger partial charge >= 0.3 is 5.97 Å². The van der Waals surface area contributed by atoms with Gasteiger partial charge in [0.2, 0.25) is 5.82 Å². The average Bonchev–Trinajstić information content (AvgIpc) is 2.34. The Kier molecular flexibility index (Phi) is 4.66. The van der Waals surface area contributed by atoms with Crippen molar-refractivity contribution in [3.8, 4) is 0 Å². The smallest absolute Gasteiger partial charge is 0.324 e. The lowest BCUT2D eigenvalue weighted by Crippen LogP contribution is -2.16. The minimum absolute atomic E-state index is 0.101. The molecule has 1 aromatic rings. The highest BCUT2D eigenvalue weighted by Crippen LogP contribution is 2.33. The molecule has 0 aromatic heterocycles. The summed E-state index contributed by atoms with van der Waals surface area (Å²) >= 11 is 2.54. The molecule has 0 N–H and O–H groups in total. The molecule has 0 amide bonds. The number of hydrogen-bond donors (Lipinski definition) is 0. The number of alkyl halides is 1. The summed E-state index contributed by atoms with van der Waals surface area (Å²) in [6, 6.07) is 0. The highest BCUT2D eigenvalue weighted by atomic mass is 79.9. The maximum Gasteiger partial charge on any atom is 0.324 e. The lowest BCUT2D eigenvalue weighted by atomic mass is 10.1. The third-order valence-electron chi connectivity index (χ3n) is 1.99.